The summed E-state index contributed by atoms with van der Waals surface area (Å²) >= 11 is 0. The van der Waals surface area contributed by atoms with E-state index in [-0.39, 0.29) is 29.8 Å². The zero-order valence-corrected chi connectivity index (χ0v) is 12.7. The number of hydrogen-bond donors (Lipinski definition) is 1. The fourth-order valence-electron chi connectivity index (χ4n) is 3.77. The van der Waals surface area contributed by atoms with Crippen LogP contribution >= 0.6 is 0 Å². The van der Waals surface area contributed by atoms with Crippen LogP contribution in [0.25, 0.3) is 0 Å². The predicted molar refractivity (Wildman–Crippen MR) is 80.0 cm³/mol. The van der Waals surface area contributed by atoms with E-state index in [1.807, 2.05) is 11.0 Å². The molecule has 0 spiro atoms. The first kappa shape index (κ1) is 13.9. The predicted octanol–water partition coefficient (Wildman–Crippen LogP) is 2.17. The smallest absolute Gasteiger partial charge is 0.243 e. The fourth-order valence-corrected chi connectivity index (χ4v) is 3.77. The van der Waals surface area contributed by atoms with Gasteiger partial charge in [0.25, 0.3) is 0 Å². The van der Waals surface area contributed by atoms with Crippen molar-refractivity contribution in [2.45, 2.75) is 57.0 Å². The molecule has 1 aromatic heterocycles. The Labute approximate surface area is 130 Å². The number of amides is 2. The Morgan fingerprint density at radius 1 is 1.18 bits per heavy atom. The summed E-state index contributed by atoms with van der Waals surface area (Å²) in [5.74, 6) is 1.37. The molecule has 2 amide bonds. The summed E-state index contributed by atoms with van der Waals surface area (Å²) in [6.07, 6.45) is 8.32. The Balaban J connectivity index is 1.45. The maximum atomic E-state index is 12.7. The Morgan fingerprint density at radius 3 is 2.86 bits per heavy atom. The van der Waals surface area contributed by atoms with E-state index in [1.165, 1.54) is 0 Å². The number of likely N-dealkylation sites (tertiary alicyclic amines) is 1. The zero-order chi connectivity index (χ0) is 15.1. The van der Waals surface area contributed by atoms with Crippen LogP contribution in [0.4, 0.5) is 0 Å². The van der Waals surface area contributed by atoms with Crippen molar-refractivity contribution in [1.29, 1.82) is 0 Å². The Bertz CT molecular complexity index is 590. The standard InChI is InChI=1S/C17H22N2O3/c20-16(14-4-2-9-19(14)17(21)11-6-7-11)18-13-3-1-5-15-12(13)8-10-22-15/h8,10-11,13-14H,1-7,9H2,(H,18,20)/t13-,14-/m0/s1. The lowest BCUT2D eigenvalue weighted by Gasteiger charge is -2.28. The summed E-state index contributed by atoms with van der Waals surface area (Å²) in [5, 5.41) is 3.15. The van der Waals surface area contributed by atoms with Gasteiger partial charge in [-0.25, -0.2) is 0 Å². The molecule has 3 aliphatic rings. The molecule has 4 rings (SSSR count). The van der Waals surface area contributed by atoms with E-state index in [0.717, 1.165) is 62.8 Å². The van der Waals surface area contributed by atoms with Gasteiger partial charge in [0.15, 0.2) is 0 Å². The third-order valence-electron chi connectivity index (χ3n) is 5.13. The van der Waals surface area contributed by atoms with Crippen molar-refractivity contribution in [3.63, 3.8) is 0 Å². The number of fused-ring (bicyclic) bond motifs is 1. The van der Waals surface area contributed by atoms with Crippen molar-refractivity contribution in [3.05, 3.63) is 23.7 Å². The van der Waals surface area contributed by atoms with Crippen LogP contribution in [-0.2, 0) is 16.0 Å². The van der Waals surface area contributed by atoms with Crippen molar-refractivity contribution in [2.24, 2.45) is 5.92 Å². The van der Waals surface area contributed by atoms with Gasteiger partial charge in [0.2, 0.25) is 11.8 Å². The molecule has 5 nitrogen and oxygen atoms in total. The summed E-state index contributed by atoms with van der Waals surface area (Å²) in [5.41, 5.74) is 1.11. The van der Waals surface area contributed by atoms with E-state index in [2.05, 4.69) is 5.32 Å². The van der Waals surface area contributed by atoms with Gasteiger partial charge in [-0.05, 0) is 44.6 Å². The van der Waals surface area contributed by atoms with Crippen molar-refractivity contribution < 1.29 is 14.0 Å². The first-order valence-corrected chi connectivity index (χ1v) is 8.41. The number of nitrogens with zero attached hydrogens (tertiary/aromatic N) is 1. The number of furan rings is 1. The number of hydrogen-bond acceptors (Lipinski definition) is 3. The average Bonchev–Trinajstić information content (AvgIpc) is 3.06. The minimum atomic E-state index is -0.273. The van der Waals surface area contributed by atoms with Gasteiger partial charge in [-0.1, -0.05) is 0 Å². The van der Waals surface area contributed by atoms with Gasteiger partial charge in [-0.2, -0.15) is 0 Å². The van der Waals surface area contributed by atoms with Crippen LogP contribution in [0.3, 0.4) is 0 Å². The van der Waals surface area contributed by atoms with Gasteiger partial charge in [0.1, 0.15) is 11.8 Å². The lowest BCUT2D eigenvalue weighted by Crippen LogP contribution is -2.47. The van der Waals surface area contributed by atoms with Crippen LogP contribution in [-0.4, -0.2) is 29.3 Å². The third kappa shape index (κ3) is 2.42. The topological polar surface area (TPSA) is 62.6 Å². The lowest BCUT2D eigenvalue weighted by molar-refractivity contribution is -0.139. The maximum Gasteiger partial charge on any atom is 0.243 e. The maximum absolute atomic E-state index is 12.7. The molecule has 0 radical (unpaired) electrons. The highest BCUT2D eigenvalue weighted by atomic mass is 16.3. The van der Waals surface area contributed by atoms with E-state index in [4.69, 9.17) is 4.42 Å². The molecule has 1 N–H and O–H groups in total. The van der Waals surface area contributed by atoms with Gasteiger partial charge < -0.3 is 14.6 Å². The monoisotopic (exact) mass is 302 g/mol. The second-order valence-corrected chi connectivity index (χ2v) is 6.72. The first-order chi connectivity index (χ1) is 10.7. The number of rotatable bonds is 3. The van der Waals surface area contributed by atoms with Gasteiger partial charge in [0, 0.05) is 24.4 Å². The Morgan fingerprint density at radius 2 is 2.05 bits per heavy atom. The molecule has 1 aliphatic heterocycles. The van der Waals surface area contributed by atoms with Crippen LogP contribution < -0.4 is 5.32 Å². The summed E-state index contributed by atoms with van der Waals surface area (Å²) in [6.45, 7) is 0.731. The van der Waals surface area contributed by atoms with Crippen LogP contribution in [0.2, 0.25) is 0 Å². The minimum Gasteiger partial charge on any atom is -0.469 e. The van der Waals surface area contributed by atoms with Crippen LogP contribution in [0.1, 0.15) is 55.9 Å². The van der Waals surface area contributed by atoms with Crippen LogP contribution in [0.5, 0.6) is 0 Å². The highest BCUT2D eigenvalue weighted by Gasteiger charge is 2.41. The van der Waals surface area contributed by atoms with Crippen LogP contribution in [0.15, 0.2) is 16.7 Å². The van der Waals surface area contributed by atoms with Gasteiger partial charge in [0.05, 0.1) is 12.3 Å². The molecular formula is C17H22N2O3. The Hall–Kier alpha value is -1.78. The summed E-state index contributed by atoms with van der Waals surface area (Å²) < 4.78 is 5.48. The summed E-state index contributed by atoms with van der Waals surface area (Å²) in [7, 11) is 0. The van der Waals surface area contributed by atoms with Crippen LogP contribution in [0, 0.1) is 5.92 Å². The second-order valence-electron chi connectivity index (χ2n) is 6.72. The van der Waals surface area contributed by atoms with Gasteiger partial charge in [-0.3, -0.25) is 9.59 Å². The number of carbonyl (C=O) groups is 2. The van der Waals surface area contributed by atoms with E-state index in [0.29, 0.717) is 0 Å². The number of aryl methyl sites for hydroxylation is 1. The zero-order valence-electron chi connectivity index (χ0n) is 12.7. The normalized spacial score (nSPS) is 27.5. The molecule has 0 unspecified atom stereocenters. The molecule has 22 heavy (non-hydrogen) atoms. The van der Waals surface area contributed by atoms with E-state index in [1.54, 1.807) is 6.26 Å². The summed E-state index contributed by atoms with van der Waals surface area (Å²) in [6, 6.07) is 1.72. The lowest BCUT2D eigenvalue weighted by atomic mass is 9.93. The van der Waals surface area contributed by atoms with Crippen molar-refractivity contribution in [2.75, 3.05) is 6.54 Å². The minimum absolute atomic E-state index is 0.00514. The molecular weight excluding hydrogens is 280 g/mol. The van der Waals surface area contributed by atoms with Crippen molar-refractivity contribution in [1.82, 2.24) is 10.2 Å². The SMILES string of the molecule is O=C(N[C@H]1CCCc2occc21)[C@@H]1CCCN1C(=O)C1CC1. The third-order valence-corrected chi connectivity index (χ3v) is 5.13. The van der Waals surface area contributed by atoms with Crippen molar-refractivity contribution >= 4 is 11.8 Å². The molecule has 2 atom stereocenters. The molecule has 1 aromatic rings. The molecule has 0 aromatic carbocycles. The number of carbonyl (C=O) groups excluding carboxylic acids is 2. The van der Waals surface area contributed by atoms with Gasteiger partial charge >= 0.3 is 0 Å². The molecule has 2 heterocycles. The molecule has 2 fully saturated rings. The molecule has 1 saturated carbocycles. The highest BCUT2D eigenvalue weighted by molar-refractivity contribution is 5.90. The van der Waals surface area contributed by atoms with E-state index < -0.39 is 0 Å². The quantitative estimate of drug-likeness (QED) is 0.931. The highest BCUT2D eigenvalue weighted by Crippen LogP contribution is 2.34. The Kier molecular flexibility index (Phi) is 3.43. The fraction of sp³-hybridized carbons (Fsp3) is 0.647. The van der Waals surface area contributed by atoms with Gasteiger partial charge in [-0.15, -0.1) is 0 Å². The molecule has 1 saturated heterocycles. The average molecular weight is 302 g/mol. The molecule has 2 aliphatic carbocycles. The van der Waals surface area contributed by atoms with E-state index in [9.17, 15) is 9.59 Å². The van der Waals surface area contributed by atoms with E-state index >= 15 is 0 Å². The second kappa shape index (κ2) is 5.45. The largest absolute Gasteiger partial charge is 0.469 e. The summed E-state index contributed by atoms with van der Waals surface area (Å²) in [4.78, 5) is 26.8. The molecule has 5 heteroatoms. The number of nitrogens with one attached hydrogen (secondary N) is 1. The molecule has 118 valence electrons. The first-order valence-electron chi connectivity index (χ1n) is 8.41. The van der Waals surface area contributed by atoms with Crippen molar-refractivity contribution in [3.8, 4) is 0 Å². The molecule has 0 bridgehead atoms.